The molecule has 0 aliphatic carbocycles. The average Bonchev–Trinajstić information content (AvgIpc) is 3.06. The summed E-state index contributed by atoms with van der Waals surface area (Å²) < 4.78 is 18.6. The fraction of sp³-hybridized carbons (Fsp3) is 0.120. The Morgan fingerprint density at radius 3 is 2.48 bits per heavy atom. The van der Waals surface area contributed by atoms with Gasteiger partial charge in [-0.25, -0.2) is 4.39 Å². The Morgan fingerprint density at radius 1 is 1.09 bits per heavy atom. The van der Waals surface area contributed by atoms with E-state index in [1.165, 1.54) is 54.5 Å². The second kappa shape index (κ2) is 8.96. The third kappa shape index (κ3) is 4.27. The Bertz CT molecular complexity index is 1270. The highest BCUT2D eigenvalue weighted by Crippen LogP contribution is 2.42. The van der Waals surface area contributed by atoms with Crippen LogP contribution < -0.4 is 4.74 Å². The molecule has 1 unspecified atom stereocenters. The van der Waals surface area contributed by atoms with Gasteiger partial charge in [0, 0.05) is 12.1 Å². The van der Waals surface area contributed by atoms with Crippen molar-refractivity contribution in [2.45, 2.75) is 12.6 Å². The number of Topliss-reactive ketones (excluding diaryl/α,β-unsaturated/α-hetero) is 1. The minimum atomic E-state index is -0.987. The van der Waals surface area contributed by atoms with Gasteiger partial charge in [0.05, 0.1) is 23.7 Å². The molecule has 0 bridgehead atoms. The Kier molecular flexibility index (Phi) is 6.07. The number of benzene rings is 3. The van der Waals surface area contributed by atoms with Crippen LogP contribution in [0.15, 0.2) is 72.3 Å². The van der Waals surface area contributed by atoms with E-state index in [1.807, 2.05) is 0 Å². The monoisotopic (exact) mass is 467 g/mol. The number of phenols is 1. The highest BCUT2D eigenvalue weighted by atomic mass is 35.5. The lowest BCUT2D eigenvalue weighted by molar-refractivity contribution is -0.140. The third-order valence-corrected chi connectivity index (χ3v) is 5.74. The van der Waals surface area contributed by atoms with E-state index in [2.05, 4.69) is 0 Å². The molecule has 3 aromatic rings. The first-order valence-corrected chi connectivity index (χ1v) is 10.3. The highest BCUT2D eigenvalue weighted by Gasteiger charge is 2.46. The zero-order valence-corrected chi connectivity index (χ0v) is 18.2. The first-order valence-electron chi connectivity index (χ1n) is 9.96. The predicted molar refractivity (Wildman–Crippen MR) is 120 cm³/mol. The average molecular weight is 468 g/mol. The zero-order valence-electron chi connectivity index (χ0n) is 17.5. The first kappa shape index (κ1) is 22.4. The van der Waals surface area contributed by atoms with Gasteiger partial charge in [-0.15, -0.1) is 0 Å². The molecule has 2 N–H and O–H groups in total. The van der Waals surface area contributed by atoms with Crippen LogP contribution in [0.4, 0.5) is 4.39 Å². The number of aromatic hydroxyl groups is 1. The number of amides is 1. The molecule has 0 spiro atoms. The van der Waals surface area contributed by atoms with Crippen LogP contribution in [0.5, 0.6) is 11.5 Å². The van der Waals surface area contributed by atoms with Crippen LogP contribution in [0.25, 0.3) is 5.76 Å². The van der Waals surface area contributed by atoms with Crippen molar-refractivity contribution < 1.29 is 28.9 Å². The van der Waals surface area contributed by atoms with Gasteiger partial charge in [-0.05, 0) is 47.5 Å². The van der Waals surface area contributed by atoms with Crippen LogP contribution in [0.2, 0.25) is 5.02 Å². The number of rotatable bonds is 5. The van der Waals surface area contributed by atoms with E-state index >= 15 is 0 Å². The Morgan fingerprint density at radius 2 is 1.82 bits per heavy atom. The number of carbonyl (C=O) groups is 2. The number of hydrogen-bond donors (Lipinski definition) is 2. The topological polar surface area (TPSA) is 87.1 Å². The van der Waals surface area contributed by atoms with Crippen LogP contribution >= 0.6 is 11.6 Å². The van der Waals surface area contributed by atoms with E-state index in [1.54, 1.807) is 24.3 Å². The molecule has 4 rings (SSSR count). The van der Waals surface area contributed by atoms with Crippen molar-refractivity contribution in [2.24, 2.45) is 0 Å². The third-order valence-electron chi connectivity index (χ3n) is 5.44. The van der Waals surface area contributed by atoms with E-state index in [0.29, 0.717) is 22.4 Å². The van der Waals surface area contributed by atoms with Crippen LogP contribution in [-0.2, 0) is 16.1 Å². The van der Waals surface area contributed by atoms with Crippen LogP contribution in [-0.4, -0.2) is 33.9 Å². The Labute approximate surface area is 194 Å². The lowest BCUT2D eigenvalue weighted by Crippen LogP contribution is -2.29. The summed E-state index contributed by atoms with van der Waals surface area (Å²) in [4.78, 5) is 27.4. The van der Waals surface area contributed by atoms with Gasteiger partial charge >= 0.3 is 0 Å². The molecule has 1 amide bonds. The van der Waals surface area contributed by atoms with Gasteiger partial charge in [-0.2, -0.15) is 0 Å². The quantitative estimate of drug-likeness (QED) is 0.319. The largest absolute Gasteiger partial charge is 0.507 e. The number of ketones is 1. The van der Waals surface area contributed by atoms with Crippen molar-refractivity contribution in [3.8, 4) is 11.5 Å². The van der Waals surface area contributed by atoms with Crippen LogP contribution in [0, 0.1) is 5.82 Å². The van der Waals surface area contributed by atoms with Crippen molar-refractivity contribution in [2.75, 3.05) is 7.11 Å². The molecule has 6 nitrogen and oxygen atoms in total. The molecule has 168 valence electrons. The fourth-order valence-corrected chi connectivity index (χ4v) is 3.98. The molecule has 1 fully saturated rings. The molecule has 1 aliphatic heterocycles. The number of aliphatic hydroxyl groups is 1. The number of phenolic OH excluding ortho intramolecular Hbond substituents is 1. The van der Waals surface area contributed by atoms with E-state index in [4.69, 9.17) is 16.3 Å². The molecule has 1 heterocycles. The molecule has 1 aliphatic rings. The molecule has 1 atom stereocenters. The molecule has 3 aromatic carbocycles. The summed E-state index contributed by atoms with van der Waals surface area (Å²) in [5, 5.41) is 21.0. The minimum Gasteiger partial charge on any atom is -0.507 e. The summed E-state index contributed by atoms with van der Waals surface area (Å²) in [6, 6.07) is 15.3. The predicted octanol–water partition coefficient (Wildman–Crippen LogP) is 4.82. The van der Waals surface area contributed by atoms with E-state index in [9.17, 15) is 24.2 Å². The number of halogens is 2. The summed E-state index contributed by atoms with van der Waals surface area (Å²) >= 11 is 6.10. The van der Waals surface area contributed by atoms with Crippen LogP contribution in [0.3, 0.4) is 0 Å². The lowest BCUT2D eigenvalue weighted by Gasteiger charge is -2.25. The van der Waals surface area contributed by atoms with Crippen LogP contribution in [0.1, 0.15) is 22.7 Å². The molecule has 0 radical (unpaired) electrons. The maximum absolute atomic E-state index is 13.4. The van der Waals surface area contributed by atoms with Crippen molar-refractivity contribution in [3.05, 3.63) is 99.8 Å². The summed E-state index contributed by atoms with van der Waals surface area (Å²) in [6.07, 6.45) is 0. The number of likely N-dealkylation sites (tertiary alicyclic amines) is 1. The second-order valence-corrected chi connectivity index (χ2v) is 7.90. The van der Waals surface area contributed by atoms with Crippen molar-refractivity contribution in [3.63, 3.8) is 0 Å². The summed E-state index contributed by atoms with van der Waals surface area (Å²) in [5.74, 6) is -2.19. The molecule has 0 saturated carbocycles. The molecule has 33 heavy (non-hydrogen) atoms. The maximum atomic E-state index is 13.4. The van der Waals surface area contributed by atoms with Crippen molar-refractivity contribution in [1.29, 1.82) is 0 Å². The molecule has 0 aromatic heterocycles. The number of ether oxygens (including phenoxy) is 1. The smallest absolute Gasteiger partial charge is 0.295 e. The second-order valence-electron chi connectivity index (χ2n) is 7.50. The SMILES string of the molecule is COc1cccc(/C(O)=C2/C(=O)C(=O)N(Cc3ccc(F)cc3)C2c2ccc(O)c(Cl)c2)c1. The van der Waals surface area contributed by atoms with Crippen molar-refractivity contribution in [1.82, 2.24) is 4.90 Å². The highest BCUT2D eigenvalue weighted by molar-refractivity contribution is 6.46. The van der Waals surface area contributed by atoms with Gasteiger partial charge in [0.15, 0.2) is 0 Å². The standard InChI is InChI=1S/C25H19ClFNO5/c1-33-18-4-2-3-16(11-18)23(30)21-22(15-7-10-20(29)19(26)12-15)28(25(32)24(21)31)13-14-5-8-17(27)9-6-14/h2-12,22,29-30H,13H2,1H3/b23-21-. The van der Waals surface area contributed by atoms with E-state index in [0.717, 1.165) is 0 Å². The van der Waals surface area contributed by atoms with Gasteiger partial charge in [0.2, 0.25) is 0 Å². The van der Waals surface area contributed by atoms with Gasteiger partial charge in [0.25, 0.3) is 11.7 Å². The maximum Gasteiger partial charge on any atom is 0.295 e. The lowest BCUT2D eigenvalue weighted by atomic mass is 9.95. The zero-order chi connectivity index (χ0) is 23.7. The number of nitrogens with zero attached hydrogens (tertiary/aromatic N) is 1. The Balaban J connectivity index is 1.88. The van der Waals surface area contributed by atoms with E-state index in [-0.39, 0.29) is 28.6 Å². The summed E-state index contributed by atoms with van der Waals surface area (Å²) in [6.45, 7) is -0.0110. The molecular weight excluding hydrogens is 449 g/mol. The number of carbonyl (C=O) groups excluding carboxylic acids is 2. The number of methoxy groups -OCH3 is 1. The summed E-state index contributed by atoms with van der Waals surface area (Å²) in [7, 11) is 1.47. The van der Waals surface area contributed by atoms with Gasteiger partial charge in [-0.1, -0.05) is 41.9 Å². The minimum absolute atomic E-state index is 0.0110. The van der Waals surface area contributed by atoms with Crippen molar-refractivity contribution >= 4 is 29.1 Å². The fourth-order valence-electron chi connectivity index (χ4n) is 3.80. The van der Waals surface area contributed by atoms with Gasteiger partial charge in [-0.3, -0.25) is 9.59 Å². The molecule has 8 heteroatoms. The summed E-state index contributed by atoms with van der Waals surface area (Å²) in [5.41, 5.74) is 1.18. The number of aliphatic hydroxyl groups excluding tert-OH is 1. The molecular formula is C25H19ClFNO5. The van der Waals surface area contributed by atoms with E-state index < -0.39 is 23.5 Å². The van der Waals surface area contributed by atoms with Gasteiger partial charge in [0.1, 0.15) is 23.1 Å². The normalized spacial score (nSPS) is 17.4. The van der Waals surface area contributed by atoms with Gasteiger partial charge < -0.3 is 19.8 Å². The first-order chi connectivity index (χ1) is 15.8. The number of hydrogen-bond acceptors (Lipinski definition) is 5. The Hall–Kier alpha value is -3.84. The molecule has 1 saturated heterocycles.